The van der Waals surface area contributed by atoms with Crippen LogP contribution in [0.5, 0.6) is 5.75 Å². The molecule has 1 aromatic heterocycles. The van der Waals surface area contributed by atoms with E-state index in [-0.39, 0.29) is 22.4 Å². The van der Waals surface area contributed by atoms with Crippen molar-refractivity contribution in [2.24, 2.45) is 0 Å². The molecule has 2 aromatic rings. The number of rotatable bonds is 9. The Labute approximate surface area is 144 Å². The van der Waals surface area contributed by atoms with E-state index in [2.05, 4.69) is 5.32 Å². The third-order valence-corrected chi connectivity index (χ3v) is 3.68. The third kappa shape index (κ3) is 4.96. The second kappa shape index (κ2) is 9.28. The van der Waals surface area contributed by atoms with E-state index in [0.717, 1.165) is 18.2 Å². The third-order valence-electron chi connectivity index (χ3n) is 3.39. The minimum absolute atomic E-state index is 0.0897. The molecule has 0 aliphatic heterocycles. The van der Waals surface area contributed by atoms with Crippen LogP contribution in [0.3, 0.4) is 0 Å². The molecule has 0 fully saturated rings. The van der Waals surface area contributed by atoms with Crippen LogP contribution in [-0.4, -0.2) is 26.8 Å². The molecule has 24 heavy (non-hydrogen) atoms. The molecule has 5 nitrogen and oxygen atoms in total. The molecule has 1 N–H and O–H groups in total. The van der Waals surface area contributed by atoms with Crippen LogP contribution in [0.4, 0.5) is 4.39 Å². The van der Waals surface area contributed by atoms with Gasteiger partial charge in [0, 0.05) is 31.7 Å². The van der Waals surface area contributed by atoms with Crippen molar-refractivity contribution < 1.29 is 18.3 Å². The van der Waals surface area contributed by atoms with Gasteiger partial charge in [0.1, 0.15) is 23.7 Å². The van der Waals surface area contributed by atoms with Crippen LogP contribution in [-0.2, 0) is 4.74 Å². The summed E-state index contributed by atoms with van der Waals surface area (Å²) in [4.78, 5) is 0. The summed E-state index contributed by atoms with van der Waals surface area (Å²) in [6.07, 6.45) is 3.40. The van der Waals surface area contributed by atoms with E-state index in [4.69, 9.17) is 30.8 Å². The summed E-state index contributed by atoms with van der Waals surface area (Å²) in [7, 11) is 1.64. The summed E-state index contributed by atoms with van der Waals surface area (Å²) in [5.41, 5.74) is 0.922. The van der Waals surface area contributed by atoms with E-state index in [1.807, 2.05) is 6.07 Å². The van der Waals surface area contributed by atoms with Crippen LogP contribution in [0.2, 0.25) is 5.02 Å². The van der Waals surface area contributed by atoms with Crippen LogP contribution < -0.4 is 10.1 Å². The van der Waals surface area contributed by atoms with Gasteiger partial charge in [0.25, 0.3) is 0 Å². The molecule has 0 saturated heterocycles. The number of hydrogen-bond acceptors (Lipinski definition) is 5. The molecule has 0 radical (unpaired) electrons. The Morgan fingerprint density at radius 3 is 2.92 bits per heavy atom. The average molecular weight is 353 g/mol. The quantitative estimate of drug-likeness (QED) is 0.697. The molecule has 1 heterocycles. The van der Waals surface area contributed by atoms with Gasteiger partial charge in [-0.15, -0.1) is 0 Å². The first-order chi connectivity index (χ1) is 11.7. The fraction of sp³-hybridized carbons (Fsp3) is 0.353. The molecule has 7 heteroatoms. The number of halogens is 2. The second-order valence-corrected chi connectivity index (χ2v) is 5.48. The number of furan rings is 1. The van der Waals surface area contributed by atoms with Crippen molar-refractivity contribution in [2.45, 2.75) is 12.5 Å². The smallest absolute Gasteiger partial charge is 0.143 e. The highest BCUT2D eigenvalue weighted by atomic mass is 35.5. The van der Waals surface area contributed by atoms with Gasteiger partial charge in [-0.05, 0) is 18.7 Å². The molecule has 0 bridgehead atoms. The van der Waals surface area contributed by atoms with Gasteiger partial charge in [-0.1, -0.05) is 11.6 Å². The van der Waals surface area contributed by atoms with Gasteiger partial charge >= 0.3 is 0 Å². The summed E-state index contributed by atoms with van der Waals surface area (Å²) < 4.78 is 29.5. The van der Waals surface area contributed by atoms with Crippen molar-refractivity contribution in [3.63, 3.8) is 0 Å². The normalized spacial score (nSPS) is 11.9. The molecular formula is C17H18ClFN2O3. The lowest BCUT2D eigenvalue weighted by molar-refractivity contribution is 0.182. The molecule has 0 unspecified atom stereocenters. The zero-order valence-electron chi connectivity index (χ0n) is 13.2. The molecule has 0 saturated carbocycles. The number of methoxy groups -OCH3 is 1. The van der Waals surface area contributed by atoms with E-state index in [0.29, 0.717) is 19.6 Å². The van der Waals surface area contributed by atoms with Crippen molar-refractivity contribution >= 4 is 11.6 Å². The minimum atomic E-state index is -0.651. The highest BCUT2D eigenvalue weighted by Gasteiger charge is 2.18. The monoisotopic (exact) mass is 352 g/mol. The molecule has 0 aliphatic rings. The molecule has 1 aromatic carbocycles. The number of nitrogens with zero attached hydrogens (tertiary/aromatic N) is 1. The Morgan fingerprint density at radius 1 is 1.42 bits per heavy atom. The molecular weight excluding hydrogens is 335 g/mol. The Bertz CT molecular complexity index is 686. The van der Waals surface area contributed by atoms with Crippen LogP contribution in [0.15, 0.2) is 35.1 Å². The summed E-state index contributed by atoms with van der Waals surface area (Å²) in [5.74, 6) is -0.409. The molecule has 2 rings (SSSR count). The zero-order valence-corrected chi connectivity index (χ0v) is 14.0. The van der Waals surface area contributed by atoms with Crippen molar-refractivity contribution in [1.29, 1.82) is 5.26 Å². The lowest BCUT2D eigenvalue weighted by atomic mass is 10.1. The number of nitriles is 1. The molecule has 128 valence electrons. The maximum Gasteiger partial charge on any atom is 0.143 e. The lowest BCUT2D eigenvalue weighted by Gasteiger charge is -2.19. The Balaban J connectivity index is 2.11. The SMILES string of the molecule is COCCNCC[C@@H](Oc1cc(Cl)c(F)cc1C#N)c1ccoc1. The van der Waals surface area contributed by atoms with E-state index in [1.165, 1.54) is 6.07 Å². The molecule has 0 spiro atoms. The molecule has 0 amide bonds. The van der Waals surface area contributed by atoms with Gasteiger partial charge in [0.05, 0.1) is 29.7 Å². The first-order valence-electron chi connectivity index (χ1n) is 7.43. The Kier molecular flexibility index (Phi) is 7.07. The lowest BCUT2D eigenvalue weighted by Crippen LogP contribution is -2.23. The average Bonchev–Trinajstić information content (AvgIpc) is 3.11. The number of ether oxygens (including phenoxy) is 2. The van der Waals surface area contributed by atoms with Crippen molar-refractivity contribution in [1.82, 2.24) is 5.32 Å². The van der Waals surface area contributed by atoms with Crippen LogP contribution in [0, 0.1) is 17.1 Å². The summed E-state index contributed by atoms with van der Waals surface area (Å²) in [5, 5.41) is 12.3. The fourth-order valence-corrected chi connectivity index (χ4v) is 2.30. The first kappa shape index (κ1) is 18.3. The van der Waals surface area contributed by atoms with Gasteiger partial charge in [-0.3, -0.25) is 0 Å². The highest BCUT2D eigenvalue weighted by molar-refractivity contribution is 6.30. The number of nitrogens with one attached hydrogen (secondary N) is 1. The topological polar surface area (TPSA) is 67.4 Å². The predicted molar refractivity (Wildman–Crippen MR) is 87.6 cm³/mol. The van der Waals surface area contributed by atoms with Crippen LogP contribution in [0.1, 0.15) is 23.7 Å². The van der Waals surface area contributed by atoms with Gasteiger partial charge in [0.2, 0.25) is 0 Å². The largest absolute Gasteiger partial charge is 0.484 e. The Morgan fingerprint density at radius 2 is 2.25 bits per heavy atom. The number of hydrogen-bond donors (Lipinski definition) is 1. The van der Waals surface area contributed by atoms with Crippen molar-refractivity contribution in [3.05, 3.63) is 52.7 Å². The van der Waals surface area contributed by atoms with Gasteiger partial charge < -0.3 is 19.2 Å². The maximum atomic E-state index is 13.5. The molecule has 1 atom stereocenters. The van der Waals surface area contributed by atoms with E-state index in [1.54, 1.807) is 25.7 Å². The summed E-state index contributed by atoms with van der Waals surface area (Å²) in [6.45, 7) is 2.01. The van der Waals surface area contributed by atoms with Crippen LogP contribution in [0.25, 0.3) is 0 Å². The maximum absolute atomic E-state index is 13.5. The first-order valence-corrected chi connectivity index (χ1v) is 7.81. The second-order valence-electron chi connectivity index (χ2n) is 5.07. The fourth-order valence-electron chi connectivity index (χ4n) is 2.15. The van der Waals surface area contributed by atoms with E-state index in [9.17, 15) is 4.39 Å². The van der Waals surface area contributed by atoms with E-state index < -0.39 is 5.82 Å². The van der Waals surface area contributed by atoms with Gasteiger partial charge in [-0.25, -0.2) is 4.39 Å². The van der Waals surface area contributed by atoms with E-state index >= 15 is 0 Å². The standard InChI is InChI=1S/C17H18ClFN2O3/c1-22-7-5-21-4-2-16(12-3-6-23-11-12)24-17-9-14(18)15(19)8-13(17)10-20/h3,6,8-9,11,16,21H,2,4-5,7H2,1H3/t16-/m1/s1. The van der Waals surface area contributed by atoms with Gasteiger partial charge in [0.15, 0.2) is 0 Å². The zero-order chi connectivity index (χ0) is 17.4. The summed E-state index contributed by atoms with van der Waals surface area (Å²) in [6, 6.07) is 6.10. The summed E-state index contributed by atoms with van der Waals surface area (Å²) >= 11 is 5.80. The van der Waals surface area contributed by atoms with Crippen molar-refractivity contribution in [3.8, 4) is 11.8 Å². The highest BCUT2D eigenvalue weighted by Crippen LogP contribution is 2.31. The predicted octanol–water partition coefficient (Wildman–Crippen LogP) is 3.69. The Hall–Kier alpha value is -2.07. The van der Waals surface area contributed by atoms with Crippen molar-refractivity contribution in [2.75, 3.05) is 26.8 Å². The van der Waals surface area contributed by atoms with Gasteiger partial charge in [-0.2, -0.15) is 5.26 Å². The number of benzene rings is 1. The van der Waals surface area contributed by atoms with Crippen LogP contribution >= 0.6 is 11.6 Å². The minimum Gasteiger partial charge on any atom is -0.484 e. The molecule has 0 aliphatic carbocycles.